The molecular formula is C26H28N4O2. The number of rotatable bonds is 7. The maximum Gasteiger partial charge on any atom is 0.279 e. The topological polar surface area (TPSA) is 71.2 Å². The van der Waals surface area contributed by atoms with Crippen molar-refractivity contribution in [2.24, 2.45) is 0 Å². The SMILES string of the molecule is CCOc1ccc(N(CCC#N)C(=O)c2nn(-c3ccccc3)c3c2CCCCC3)cc1. The Hall–Kier alpha value is -3.59. The number of hydrogen-bond acceptors (Lipinski definition) is 4. The molecule has 1 aliphatic rings. The molecule has 3 aromatic rings. The molecule has 0 saturated carbocycles. The average molecular weight is 429 g/mol. The number of hydrogen-bond donors (Lipinski definition) is 0. The van der Waals surface area contributed by atoms with Gasteiger partial charge in [-0.1, -0.05) is 24.6 Å². The highest BCUT2D eigenvalue weighted by Crippen LogP contribution is 2.29. The maximum absolute atomic E-state index is 13.8. The van der Waals surface area contributed by atoms with Crippen LogP contribution >= 0.6 is 0 Å². The first kappa shape index (κ1) is 21.6. The second-order valence-electron chi connectivity index (χ2n) is 7.87. The number of anilines is 1. The number of para-hydroxylation sites is 1. The van der Waals surface area contributed by atoms with E-state index in [1.165, 1.54) is 0 Å². The van der Waals surface area contributed by atoms with Crippen LogP contribution < -0.4 is 9.64 Å². The lowest BCUT2D eigenvalue weighted by atomic mass is 10.1. The number of fused-ring (bicyclic) bond motifs is 1. The molecule has 0 bridgehead atoms. The lowest BCUT2D eigenvalue weighted by Gasteiger charge is -2.21. The minimum atomic E-state index is -0.155. The van der Waals surface area contributed by atoms with Crippen molar-refractivity contribution in [3.63, 3.8) is 0 Å². The number of ether oxygens (including phenoxy) is 1. The fraction of sp³-hybridized carbons (Fsp3) is 0.346. The van der Waals surface area contributed by atoms with E-state index < -0.39 is 0 Å². The molecular weight excluding hydrogens is 400 g/mol. The number of carbonyl (C=O) groups is 1. The summed E-state index contributed by atoms with van der Waals surface area (Å²) in [4.78, 5) is 15.5. The molecule has 1 heterocycles. The van der Waals surface area contributed by atoms with Gasteiger partial charge in [0.15, 0.2) is 5.69 Å². The van der Waals surface area contributed by atoms with Gasteiger partial charge in [-0.05, 0) is 69.0 Å². The molecule has 164 valence electrons. The predicted molar refractivity (Wildman–Crippen MR) is 124 cm³/mol. The molecule has 0 N–H and O–H groups in total. The molecule has 0 unspecified atom stereocenters. The minimum absolute atomic E-state index is 0.155. The van der Waals surface area contributed by atoms with Crippen LogP contribution in [0.15, 0.2) is 54.6 Å². The Morgan fingerprint density at radius 2 is 1.84 bits per heavy atom. The van der Waals surface area contributed by atoms with Crippen LogP contribution in [0.2, 0.25) is 0 Å². The fourth-order valence-electron chi connectivity index (χ4n) is 4.26. The monoisotopic (exact) mass is 428 g/mol. The highest BCUT2D eigenvalue weighted by atomic mass is 16.5. The summed E-state index contributed by atoms with van der Waals surface area (Å²) in [5.74, 6) is 0.600. The van der Waals surface area contributed by atoms with Crippen LogP contribution in [0, 0.1) is 11.3 Å². The third kappa shape index (κ3) is 4.52. The molecule has 4 rings (SSSR count). The van der Waals surface area contributed by atoms with Gasteiger partial charge in [0.2, 0.25) is 0 Å². The van der Waals surface area contributed by atoms with Crippen LogP contribution in [-0.2, 0) is 12.8 Å². The molecule has 0 radical (unpaired) electrons. The van der Waals surface area contributed by atoms with E-state index in [2.05, 4.69) is 6.07 Å². The van der Waals surface area contributed by atoms with Gasteiger partial charge in [0.05, 0.1) is 24.8 Å². The number of nitrogens with zero attached hydrogens (tertiary/aromatic N) is 4. The maximum atomic E-state index is 13.8. The fourth-order valence-corrected chi connectivity index (χ4v) is 4.26. The lowest BCUT2D eigenvalue weighted by molar-refractivity contribution is 0.0981. The van der Waals surface area contributed by atoms with Crippen LogP contribution in [0.3, 0.4) is 0 Å². The second kappa shape index (κ2) is 10.1. The summed E-state index contributed by atoms with van der Waals surface area (Å²) in [7, 11) is 0. The van der Waals surface area contributed by atoms with E-state index in [1.807, 2.05) is 66.2 Å². The standard InChI is InChI=1S/C26H28N4O2/c1-2-32-22-16-14-20(15-17-22)29(19-9-18-27)26(31)25-23-12-7-4-8-13-24(23)30(28-25)21-10-5-3-6-11-21/h3,5-6,10-11,14-17H,2,4,7-9,12-13,19H2,1H3. The number of amides is 1. The van der Waals surface area contributed by atoms with E-state index in [4.69, 9.17) is 9.84 Å². The zero-order valence-electron chi connectivity index (χ0n) is 18.5. The van der Waals surface area contributed by atoms with Crippen LogP contribution in [0.1, 0.15) is 54.4 Å². The summed E-state index contributed by atoms with van der Waals surface area (Å²) < 4.78 is 7.48. The molecule has 32 heavy (non-hydrogen) atoms. The lowest BCUT2D eigenvalue weighted by Crippen LogP contribution is -2.33. The predicted octanol–water partition coefficient (Wildman–Crippen LogP) is 5.10. The Bertz CT molecular complexity index is 1100. The molecule has 0 atom stereocenters. The molecule has 6 heteroatoms. The Morgan fingerprint density at radius 3 is 2.56 bits per heavy atom. The van der Waals surface area contributed by atoms with Crippen molar-refractivity contribution in [2.45, 2.75) is 45.4 Å². The first-order valence-corrected chi connectivity index (χ1v) is 11.3. The Labute approximate surface area is 189 Å². The molecule has 0 spiro atoms. The van der Waals surface area contributed by atoms with Crippen LogP contribution in [0.5, 0.6) is 5.75 Å². The zero-order chi connectivity index (χ0) is 22.3. The molecule has 2 aromatic carbocycles. The van der Waals surface area contributed by atoms with Gasteiger partial charge in [-0.15, -0.1) is 0 Å². The second-order valence-corrected chi connectivity index (χ2v) is 7.87. The molecule has 1 aromatic heterocycles. The number of benzene rings is 2. The van der Waals surface area contributed by atoms with Gasteiger partial charge in [-0.3, -0.25) is 4.79 Å². The van der Waals surface area contributed by atoms with Gasteiger partial charge in [-0.25, -0.2) is 4.68 Å². The smallest absolute Gasteiger partial charge is 0.279 e. The van der Waals surface area contributed by atoms with E-state index in [-0.39, 0.29) is 12.3 Å². The minimum Gasteiger partial charge on any atom is -0.494 e. The van der Waals surface area contributed by atoms with Crippen molar-refractivity contribution in [2.75, 3.05) is 18.1 Å². The molecule has 6 nitrogen and oxygen atoms in total. The molecule has 0 aliphatic heterocycles. The van der Waals surface area contributed by atoms with E-state index in [1.54, 1.807) is 4.90 Å². The van der Waals surface area contributed by atoms with E-state index >= 15 is 0 Å². The largest absolute Gasteiger partial charge is 0.494 e. The number of nitriles is 1. The summed E-state index contributed by atoms with van der Waals surface area (Å²) in [6.45, 7) is 2.83. The van der Waals surface area contributed by atoms with Gasteiger partial charge in [-0.2, -0.15) is 10.4 Å². The van der Waals surface area contributed by atoms with Gasteiger partial charge >= 0.3 is 0 Å². The highest BCUT2D eigenvalue weighted by molar-refractivity contribution is 6.06. The number of aromatic nitrogens is 2. The normalized spacial score (nSPS) is 13.0. The van der Waals surface area contributed by atoms with Gasteiger partial charge in [0, 0.05) is 23.5 Å². The van der Waals surface area contributed by atoms with Gasteiger partial charge in [0.25, 0.3) is 5.91 Å². The highest BCUT2D eigenvalue weighted by Gasteiger charge is 2.28. The van der Waals surface area contributed by atoms with Crippen molar-refractivity contribution < 1.29 is 9.53 Å². The van der Waals surface area contributed by atoms with Crippen LogP contribution in [-0.4, -0.2) is 28.8 Å². The summed E-state index contributed by atoms with van der Waals surface area (Å²) >= 11 is 0. The van der Waals surface area contributed by atoms with Crippen molar-refractivity contribution in [3.8, 4) is 17.5 Å². The van der Waals surface area contributed by atoms with Gasteiger partial charge < -0.3 is 9.64 Å². The Balaban J connectivity index is 1.75. The van der Waals surface area contributed by atoms with Crippen molar-refractivity contribution >= 4 is 11.6 Å². The first-order chi connectivity index (χ1) is 15.7. The Kier molecular flexibility index (Phi) is 6.86. The zero-order valence-corrected chi connectivity index (χ0v) is 18.5. The van der Waals surface area contributed by atoms with E-state index in [0.29, 0.717) is 18.8 Å². The van der Waals surface area contributed by atoms with Crippen molar-refractivity contribution in [1.82, 2.24) is 9.78 Å². The molecule has 1 amide bonds. The van der Waals surface area contributed by atoms with Crippen LogP contribution in [0.25, 0.3) is 5.69 Å². The summed E-state index contributed by atoms with van der Waals surface area (Å²) in [5.41, 5.74) is 4.38. The van der Waals surface area contributed by atoms with Crippen LogP contribution in [0.4, 0.5) is 5.69 Å². The van der Waals surface area contributed by atoms with Gasteiger partial charge in [0.1, 0.15) is 5.75 Å². The number of carbonyl (C=O) groups excluding carboxylic acids is 1. The summed E-state index contributed by atoms with van der Waals surface area (Å²) in [6, 6.07) is 19.6. The third-order valence-electron chi connectivity index (χ3n) is 5.79. The quantitative estimate of drug-likeness (QED) is 0.491. The molecule has 0 fully saturated rings. The van der Waals surface area contributed by atoms with E-state index in [0.717, 1.165) is 60.5 Å². The summed E-state index contributed by atoms with van der Waals surface area (Å²) in [5, 5.41) is 14.0. The molecule has 0 saturated heterocycles. The first-order valence-electron chi connectivity index (χ1n) is 11.3. The third-order valence-corrected chi connectivity index (χ3v) is 5.79. The van der Waals surface area contributed by atoms with E-state index in [9.17, 15) is 10.1 Å². The average Bonchev–Trinajstić information content (AvgIpc) is 3.01. The molecule has 1 aliphatic carbocycles. The Morgan fingerprint density at radius 1 is 1.09 bits per heavy atom. The van der Waals surface area contributed by atoms with Crippen molar-refractivity contribution in [3.05, 3.63) is 71.5 Å². The summed E-state index contributed by atoms with van der Waals surface area (Å²) in [6.07, 6.45) is 5.30. The van der Waals surface area contributed by atoms with Crippen molar-refractivity contribution in [1.29, 1.82) is 5.26 Å².